The topological polar surface area (TPSA) is 58.1 Å². The summed E-state index contributed by atoms with van der Waals surface area (Å²) in [5.41, 5.74) is 1.21. The molecule has 2 aromatic rings. The number of nitrogens with zero attached hydrogens (tertiary/aromatic N) is 3. The van der Waals surface area contributed by atoms with Crippen LogP contribution in [0.25, 0.3) is 0 Å². The lowest BCUT2D eigenvalue weighted by atomic mass is 10.0. The number of carbonyl (C=O) groups excluding carboxylic acids is 1. The first-order valence-corrected chi connectivity index (χ1v) is 8.59. The molecule has 1 N–H and O–H groups in total. The molecule has 1 aromatic carbocycles. The van der Waals surface area contributed by atoms with Crippen LogP contribution in [0.5, 0.6) is 0 Å². The molecular formula is C17H19BrN4O. The van der Waals surface area contributed by atoms with Crippen LogP contribution in [-0.4, -0.2) is 33.9 Å². The maximum atomic E-state index is 12.5. The number of anilines is 1. The van der Waals surface area contributed by atoms with Gasteiger partial charge in [-0.05, 0) is 36.6 Å². The van der Waals surface area contributed by atoms with Gasteiger partial charge in [-0.3, -0.25) is 4.79 Å². The lowest BCUT2D eigenvalue weighted by Crippen LogP contribution is -2.31. The number of hydrogen-bond donors (Lipinski definition) is 1. The van der Waals surface area contributed by atoms with Crippen LogP contribution >= 0.6 is 15.9 Å². The van der Waals surface area contributed by atoms with E-state index in [1.165, 1.54) is 5.56 Å². The van der Waals surface area contributed by atoms with E-state index in [-0.39, 0.29) is 11.9 Å². The van der Waals surface area contributed by atoms with Gasteiger partial charge in [0.2, 0.25) is 11.9 Å². The first-order chi connectivity index (χ1) is 11.2. The van der Waals surface area contributed by atoms with Gasteiger partial charge in [-0.2, -0.15) is 0 Å². The number of aromatic nitrogens is 2. The number of amides is 1. The molecule has 1 fully saturated rings. The first-order valence-electron chi connectivity index (χ1n) is 7.80. The van der Waals surface area contributed by atoms with Crippen molar-refractivity contribution in [1.82, 2.24) is 14.9 Å². The van der Waals surface area contributed by atoms with Crippen molar-refractivity contribution in [2.24, 2.45) is 0 Å². The van der Waals surface area contributed by atoms with Gasteiger partial charge < -0.3 is 10.2 Å². The molecule has 120 valence electrons. The summed E-state index contributed by atoms with van der Waals surface area (Å²) < 4.78 is 1.06. The second kappa shape index (κ2) is 7.55. The van der Waals surface area contributed by atoms with Gasteiger partial charge in [0.1, 0.15) is 0 Å². The number of likely N-dealkylation sites (tertiary alicyclic amines) is 1. The molecule has 0 unspecified atom stereocenters. The van der Waals surface area contributed by atoms with E-state index < -0.39 is 0 Å². The van der Waals surface area contributed by atoms with Crippen molar-refractivity contribution < 1.29 is 4.79 Å². The highest BCUT2D eigenvalue weighted by Crippen LogP contribution is 2.32. The van der Waals surface area contributed by atoms with Gasteiger partial charge in [0, 0.05) is 36.4 Å². The molecule has 6 heteroatoms. The molecule has 1 aliphatic heterocycles. The van der Waals surface area contributed by atoms with Crippen molar-refractivity contribution in [2.45, 2.75) is 25.3 Å². The van der Waals surface area contributed by atoms with E-state index in [0.29, 0.717) is 18.9 Å². The smallest absolute Gasteiger partial charge is 0.224 e. The molecule has 1 atom stereocenters. The van der Waals surface area contributed by atoms with E-state index in [0.717, 1.165) is 23.9 Å². The molecule has 0 spiro atoms. The number of nitrogens with one attached hydrogen (secondary N) is 1. The van der Waals surface area contributed by atoms with Crippen LogP contribution in [0, 0.1) is 0 Å². The van der Waals surface area contributed by atoms with Crippen molar-refractivity contribution >= 4 is 27.8 Å². The van der Waals surface area contributed by atoms with Crippen LogP contribution in [0.2, 0.25) is 0 Å². The highest BCUT2D eigenvalue weighted by atomic mass is 79.9. The summed E-state index contributed by atoms with van der Waals surface area (Å²) in [5.74, 6) is 0.741. The maximum absolute atomic E-state index is 12.5. The quantitative estimate of drug-likeness (QED) is 0.870. The highest BCUT2D eigenvalue weighted by molar-refractivity contribution is 9.10. The van der Waals surface area contributed by atoms with Crippen molar-refractivity contribution in [3.8, 4) is 0 Å². The van der Waals surface area contributed by atoms with Gasteiger partial charge in [-0.15, -0.1) is 0 Å². The number of carbonyl (C=O) groups is 1. The molecule has 0 bridgehead atoms. The molecule has 0 aliphatic carbocycles. The lowest BCUT2D eigenvalue weighted by molar-refractivity contribution is -0.131. The van der Waals surface area contributed by atoms with Crippen LogP contribution in [0.3, 0.4) is 0 Å². The highest BCUT2D eigenvalue weighted by Gasteiger charge is 2.29. The van der Waals surface area contributed by atoms with Crippen LogP contribution in [-0.2, 0) is 4.79 Å². The van der Waals surface area contributed by atoms with Gasteiger partial charge in [0.15, 0.2) is 0 Å². The lowest BCUT2D eigenvalue weighted by Gasteiger charge is -2.25. The summed E-state index contributed by atoms with van der Waals surface area (Å²) in [6.07, 6.45) is 5.90. The summed E-state index contributed by atoms with van der Waals surface area (Å²) in [6, 6.07) is 10.2. The molecule has 1 aliphatic rings. The Morgan fingerprint density at radius 2 is 2.00 bits per heavy atom. The first kappa shape index (κ1) is 15.9. The van der Waals surface area contributed by atoms with E-state index in [4.69, 9.17) is 0 Å². The summed E-state index contributed by atoms with van der Waals surface area (Å²) in [5, 5.41) is 3.09. The number of halogens is 1. The van der Waals surface area contributed by atoms with Gasteiger partial charge in [0.25, 0.3) is 0 Å². The predicted molar refractivity (Wildman–Crippen MR) is 93.0 cm³/mol. The third kappa shape index (κ3) is 4.07. The number of benzene rings is 1. The zero-order valence-corrected chi connectivity index (χ0v) is 14.4. The Labute approximate surface area is 144 Å². The minimum atomic E-state index is 0.179. The van der Waals surface area contributed by atoms with Crippen molar-refractivity contribution in [3.63, 3.8) is 0 Å². The molecule has 0 radical (unpaired) electrons. The summed E-state index contributed by atoms with van der Waals surface area (Å²) in [4.78, 5) is 22.7. The molecule has 23 heavy (non-hydrogen) atoms. The molecule has 0 saturated carbocycles. The van der Waals surface area contributed by atoms with E-state index in [1.807, 2.05) is 17.0 Å². The van der Waals surface area contributed by atoms with Crippen molar-refractivity contribution in [1.29, 1.82) is 0 Å². The Kier molecular flexibility index (Phi) is 5.23. The molecule has 1 amide bonds. The molecule has 5 nitrogen and oxygen atoms in total. The van der Waals surface area contributed by atoms with Crippen LogP contribution < -0.4 is 5.32 Å². The fraction of sp³-hybridized carbons (Fsp3) is 0.353. The van der Waals surface area contributed by atoms with Gasteiger partial charge >= 0.3 is 0 Å². The van der Waals surface area contributed by atoms with E-state index in [2.05, 4.69) is 43.3 Å². The average molecular weight is 375 g/mol. The monoisotopic (exact) mass is 374 g/mol. The Morgan fingerprint density at radius 1 is 1.26 bits per heavy atom. The van der Waals surface area contributed by atoms with Crippen molar-refractivity contribution in [3.05, 3.63) is 52.8 Å². The Bertz CT molecular complexity index is 647. The molecule has 1 saturated heterocycles. The Hall–Kier alpha value is -1.95. The fourth-order valence-corrected chi connectivity index (χ4v) is 3.18. The van der Waals surface area contributed by atoms with E-state index in [9.17, 15) is 4.79 Å². The second-order valence-electron chi connectivity index (χ2n) is 5.55. The second-order valence-corrected chi connectivity index (χ2v) is 6.46. The molecule has 3 rings (SSSR count). The van der Waals surface area contributed by atoms with Crippen molar-refractivity contribution in [2.75, 3.05) is 18.4 Å². The predicted octanol–water partition coefficient (Wildman–Crippen LogP) is 3.40. The molecular weight excluding hydrogens is 356 g/mol. The van der Waals surface area contributed by atoms with Gasteiger partial charge in [-0.1, -0.05) is 28.1 Å². The van der Waals surface area contributed by atoms with Gasteiger partial charge in [-0.25, -0.2) is 9.97 Å². The third-order valence-corrected chi connectivity index (χ3v) is 4.54. The third-order valence-electron chi connectivity index (χ3n) is 4.02. The summed E-state index contributed by atoms with van der Waals surface area (Å²) >= 11 is 3.45. The van der Waals surface area contributed by atoms with Crippen LogP contribution in [0.15, 0.2) is 47.2 Å². The van der Waals surface area contributed by atoms with Gasteiger partial charge in [0.05, 0.1) is 6.04 Å². The summed E-state index contributed by atoms with van der Waals surface area (Å²) in [7, 11) is 0. The standard InChI is InChI=1S/C17H19BrN4O/c18-14-6-4-13(5-7-14)15-3-1-12-22(15)16(23)8-11-21-17-19-9-2-10-20-17/h2,4-7,9-10,15H,1,3,8,11-12H2,(H,19,20,21)/t15-/m0/s1. The number of rotatable bonds is 5. The molecule has 1 aromatic heterocycles. The number of hydrogen-bond acceptors (Lipinski definition) is 4. The van der Waals surface area contributed by atoms with Crippen LogP contribution in [0.4, 0.5) is 5.95 Å². The maximum Gasteiger partial charge on any atom is 0.224 e. The largest absolute Gasteiger partial charge is 0.354 e. The summed E-state index contributed by atoms with van der Waals surface area (Å²) in [6.45, 7) is 1.38. The average Bonchev–Trinajstić information content (AvgIpc) is 3.06. The van der Waals surface area contributed by atoms with E-state index >= 15 is 0 Å². The fourth-order valence-electron chi connectivity index (χ4n) is 2.91. The zero-order chi connectivity index (χ0) is 16.1. The minimum Gasteiger partial charge on any atom is -0.354 e. The van der Waals surface area contributed by atoms with Crippen LogP contribution in [0.1, 0.15) is 30.9 Å². The minimum absolute atomic E-state index is 0.179. The Morgan fingerprint density at radius 3 is 2.74 bits per heavy atom. The Balaban J connectivity index is 1.56. The molecule has 2 heterocycles. The normalized spacial score (nSPS) is 17.3. The SMILES string of the molecule is O=C(CCNc1ncccn1)N1CCC[C@H]1c1ccc(Br)cc1. The van der Waals surface area contributed by atoms with E-state index in [1.54, 1.807) is 18.5 Å². The zero-order valence-electron chi connectivity index (χ0n) is 12.8.